The Labute approximate surface area is 115 Å². The van der Waals surface area contributed by atoms with E-state index in [9.17, 15) is 0 Å². The molecule has 1 aromatic carbocycles. The number of fused-ring (bicyclic) bond motifs is 1. The fourth-order valence-corrected chi connectivity index (χ4v) is 2.03. The lowest BCUT2D eigenvalue weighted by Crippen LogP contribution is -2.40. The molecule has 102 valence electrons. The van der Waals surface area contributed by atoms with Crippen LogP contribution in [0.4, 0.5) is 0 Å². The summed E-state index contributed by atoms with van der Waals surface area (Å²) in [6.45, 7) is 8.21. The van der Waals surface area contributed by atoms with Crippen molar-refractivity contribution in [3.63, 3.8) is 0 Å². The monoisotopic (exact) mass is 258 g/mol. The predicted octanol–water partition coefficient (Wildman–Crippen LogP) is 3.39. The molecule has 0 saturated carbocycles. The van der Waals surface area contributed by atoms with Crippen LogP contribution in [-0.2, 0) is 0 Å². The van der Waals surface area contributed by atoms with E-state index in [4.69, 9.17) is 4.74 Å². The summed E-state index contributed by atoms with van der Waals surface area (Å²) in [6.07, 6.45) is 2.94. The molecule has 0 spiro atoms. The summed E-state index contributed by atoms with van der Waals surface area (Å²) in [5.41, 5.74) is 0.745. The fourth-order valence-electron chi connectivity index (χ4n) is 2.03. The van der Waals surface area contributed by atoms with Crippen molar-refractivity contribution in [3.05, 3.63) is 36.5 Å². The summed E-state index contributed by atoms with van der Waals surface area (Å²) in [6, 6.07) is 10.1. The molecule has 0 aliphatic heterocycles. The van der Waals surface area contributed by atoms with E-state index in [1.54, 1.807) is 6.20 Å². The van der Waals surface area contributed by atoms with E-state index in [2.05, 4.69) is 37.1 Å². The summed E-state index contributed by atoms with van der Waals surface area (Å²) >= 11 is 0. The molecule has 0 unspecified atom stereocenters. The van der Waals surface area contributed by atoms with Gasteiger partial charge in [-0.25, -0.2) is 0 Å². The maximum absolute atomic E-state index is 6.05. The SMILES string of the molecule is CCCNCC(C)(C)Oc1ccc2cccnc2c1. The van der Waals surface area contributed by atoms with Crippen molar-refractivity contribution in [3.8, 4) is 5.75 Å². The summed E-state index contributed by atoms with van der Waals surface area (Å²) in [4.78, 5) is 4.35. The molecule has 0 atom stereocenters. The van der Waals surface area contributed by atoms with Crippen molar-refractivity contribution in [2.24, 2.45) is 0 Å². The molecule has 0 saturated heterocycles. The van der Waals surface area contributed by atoms with Gasteiger partial charge in [-0.15, -0.1) is 0 Å². The second kappa shape index (κ2) is 6.02. The Hall–Kier alpha value is -1.61. The molecule has 1 N–H and O–H groups in total. The molecule has 0 amide bonds. The smallest absolute Gasteiger partial charge is 0.122 e. The highest BCUT2D eigenvalue weighted by atomic mass is 16.5. The van der Waals surface area contributed by atoms with Crippen molar-refractivity contribution in [2.75, 3.05) is 13.1 Å². The van der Waals surface area contributed by atoms with Gasteiger partial charge < -0.3 is 10.1 Å². The largest absolute Gasteiger partial charge is 0.486 e. The van der Waals surface area contributed by atoms with Crippen LogP contribution in [0.1, 0.15) is 27.2 Å². The first-order valence-corrected chi connectivity index (χ1v) is 6.85. The van der Waals surface area contributed by atoms with Gasteiger partial charge in [0, 0.05) is 24.2 Å². The Morgan fingerprint density at radius 2 is 2.11 bits per heavy atom. The van der Waals surface area contributed by atoms with E-state index in [1.807, 2.05) is 24.3 Å². The number of nitrogens with zero attached hydrogens (tertiary/aromatic N) is 1. The minimum Gasteiger partial charge on any atom is -0.486 e. The van der Waals surface area contributed by atoms with E-state index in [0.717, 1.165) is 36.2 Å². The second-order valence-electron chi connectivity index (χ2n) is 5.40. The third kappa shape index (κ3) is 3.93. The third-order valence-corrected chi connectivity index (χ3v) is 2.95. The van der Waals surface area contributed by atoms with Gasteiger partial charge in [0.05, 0.1) is 5.52 Å². The van der Waals surface area contributed by atoms with E-state index >= 15 is 0 Å². The molecule has 1 heterocycles. The highest BCUT2D eigenvalue weighted by molar-refractivity contribution is 5.79. The summed E-state index contributed by atoms with van der Waals surface area (Å²) in [5.74, 6) is 0.870. The number of pyridine rings is 1. The molecule has 0 aliphatic carbocycles. The molecule has 2 aromatic rings. The maximum atomic E-state index is 6.05. The van der Waals surface area contributed by atoms with Gasteiger partial charge in [0.1, 0.15) is 11.4 Å². The lowest BCUT2D eigenvalue weighted by molar-refractivity contribution is 0.108. The van der Waals surface area contributed by atoms with Crippen LogP contribution in [0.25, 0.3) is 10.9 Å². The lowest BCUT2D eigenvalue weighted by Gasteiger charge is -2.27. The molecule has 2 rings (SSSR count). The first kappa shape index (κ1) is 13.8. The van der Waals surface area contributed by atoms with Gasteiger partial charge in [0.2, 0.25) is 0 Å². The zero-order chi connectivity index (χ0) is 13.7. The first-order valence-electron chi connectivity index (χ1n) is 6.85. The van der Waals surface area contributed by atoms with Crippen molar-refractivity contribution >= 4 is 10.9 Å². The molecule has 0 bridgehead atoms. The van der Waals surface area contributed by atoms with Gasteiger partial charge in [0.25, 0.3) is 0 Å². The van der Waals surface area contributed by atoms with E-state index in [1.165, 1.54) is 0 Å². The van der Waals surface area contributed by atoms with Crippen molar-refractivity contribution in [1.82, 2.24) is 10.3 Å². The Morgan fingerprint density at radius 3 is 2.89 bits per heavy atom. The summed E-state index contributed by atoms with van der Waals surface area (Å²) < 4.78 is 6.05. The highest BCUT2D eigenvalue weighted by Crippen LogP contribution is 2.22. The highest BCUT2D eigenvalue weighted by Gasteiger charge is 2.19. The van der Waals surface area contributed by atoms with Gasteiger partial charge in [0.15, 0.2) is 0 Å². The molecule has 3 heteroatoms. The molecule has 0 fully saturated rings. The Kier molecular flexibility index (Phi) is 4.38. The van der Waals surface area contributed by atoms with Crippen LogP contribution in [0.5, 0.6) is 5.75 Å². The average Bonchev–Trinajstić information content (AvgIpc) is 2.38. The summed E-state index contributed by atoms with van der Waals surface area (Å²) in [7, 11) is 0. The number of rotatable bonds is 6. The zero-order valence-corrected chi connectivity index (χ0v) is 11.9. The van der Waals surface area contributed by atoms with Gasteiger partial charge in [-0.2, -0.15) is 0 Å². The van der Waals surface area contributed by atoms with Crippen LogP contribution < -0.4 is 10.1 Å². The molecule has 0 aliphatic rings. The Morgan fingerprint density at radius 1 is 1.26 bits per heavy atom. The number of nitrogens with one attached hydrogen (secondary N) is 1. The van der Waals surface area contributed by atoms with Crippen LogP contribution in [-0.4, -0.2) is 23.7 Å². The third-order valence-electron chi connectivity index (χ3n) is 2.95. The number of hydrogen-bond acceptors (Lipinski definition) is 3. The van der Waals surface area contributed by atoms with Crippen LogP contribution in [0.2, 0.25) is 0 Å². The van der Waals surface area contributed by atoms with E-state index < -0.39 is 0 Å². The molecule has 3 nitrogen and oxygen atoms in total. The van der Waals surface area contributed by atoms with Crippen LogP contribution in [0.15, 0.2) is 36.5 Å². The van der Waals surface area contributed by atoms with Crippen molar-refractivity contribution in [1.29, 1.82) is 0 Å². The van der Waals surface area contributed by atoms with Gasteiger partial charge >= 0.3 is 0 Å². The van der Waals surface area contributed by atoms with Gasteiger partial charge in [-0.3, -0.25) is 4.98 Å². The minimum absolute atomic E-state index is 0.225. The lowest BCUT2D eigenvalue weighted by atomic mass is 10.1. The molecule has 1 aromatic heterocycles. The fraction of sp³-hybridized carbons (Fsp3) is 0.438. The van der Waals surface area contributed by atoms with Gasteiger partial charge in [-0.05, 0) is 45.0 Å². The quantitative estimate of drug-likeness (QED) is 0.806. The normalized spacial score (nSPS) is 11.7. The van der Waals surface area contributed by atoms with Crippen LogP contribution >= 0.6 is 0 Å². The van der Waals surface area contributed by atoms with Crippen LogP contribution in [0.3, 0.4) is 0 Å². The molecule has 0 radical (unpaired) electrons. The van der Waals surface area contributed by atoms with E-state index in [-0.39, 0.29) is 5.60 Å². The predicted molar refractivity (Wildman–Crippen MR) is 79.6 cm³/mol. The van der Waals surface area contributed by atoms with E-state index in [0.29, 0.717) is 0 Å². The summed E-state index contributed by atoms with van der Waals surface area (Å²) in [5, 5.41) is 4.53. The number of aromatic nitrogens is 1. The van der Waals surface area contributed by atoms with Crippen molar-refractivity contribution < 1.29 is 4.74 Å². The topological polar surface area (TPSA) is 34.1 Å². The second-order valence-corrected chi connectivity index (χ2v) is 5.40. The molecular weight excluding hydrogens is 236 g/mol. The maximum Gasteiger partial charge on any atom is 0.122 e. The Balaban J connectivity index is 2.07. The average molecular weight is 258 g/mol. The standard InChI is InChI=1S/C16H22N2O/c1-4-9-17-12-16(2,3)19-14-8-7-13-6-5-10-18-15(13)11-14/h5-8,10-11,17H,4,9,12H2,1-3H3. The van der Waals surface area contributed by atoms with Crippen molar-refractivity contribution in [2.45, 2.75) is 32.8 Å². The molecular formula is C16H22N2O. The first-order chi connectivity index (χ1) is 9.11. The van der Waals surface area contributed by atoms with Crippen LogP contribution in [0, 0.1) is 0 Å². The number of ether oxygens (including phenoxy) is 1. The number of benzene rings is 1. The Bertz CT molecular complexity index is 537. The number of hydrogen-bond donors (Lipinski definition) is 1. The zero-order valence-electron chi connectivity index (χ0n) is 11.9. The minimum atomic E-state index is -0.225. The molecule has 19 heavy (non-hydrogen) atoms. The van der Waals surface area contributed by atoms with Gasteiger partial charge in [-0.1, -0.05) is 13.0 Å².